The van der Waals surface area contributed by atoms with E-state index >= 15 is 0 Å². The van der Waals surface area contributed by atoms with Gasteiger partial charge < -0.3 is 10.2 Å². The molecule has 20 heavy (non-hydrogen) atoms. The smallest absolute Gasteiger partial charge is 0.248 e. The Bertz CT molecular complexity index is 401. The van der Waals surface area contributed by atoms with E-state index in [0.29, 0.717) is 18.9 Å². The first-order valence-electron chi connectivity index (χ1n) is 8.04. The van der Waals surface area contributed by atoms with E-state index in [9.17, 15) is 9.59 Å². The van der Waals surface area contributed by atoms with E-state index in [1.54, 1.807) is 0 Å². The molecule has 1 heterocycles. The SMILES string of the molecule is CCC(C)CN1C(=O)C(C)(CC)NC(=O)C12CCCC2. The zero-order chi connectivity index (χ0) is 15.0. The maximum atomic E-state index is 12.9. The molecule has 1 aliphatic carbocycles. The van der Waals surface area contributed by atoms with Crippen molar-refractivity contribution in [2.24, 2.45) is 5.92 Å². The first kappa shape index (κ1) is 15.3. The maximum Gasteiger partial charge on any atom is 0.248 e. The molecule has 4 heteroatoms. The monoisotopic (exact) mass is 280 g/mol. The lowest BCUT2D eigenvalue weighted by atomic mass is 9.82. The van der Waals surface area contributed by atoms with Crippen molar-refractivity contribution in [2.75, 3.05) is 6.54 Å². The van der Waals surface area contributed by atoms with Gasteiger partial charge >= 0.3 is 0 Å². The summed E-state index contributed by atoms with van der Waals surface area (Å²) in [6.45, 7) is 8.83. The van der Waals surface area contributed by atoms with Gasteiger partial charge in [0.1, 0.15) is 11.1 Å². The molecule has 1 N–H and O–H groups in total. The van der Waals surface area contributed by atoms with E-state index in [4.69, 9.17) is 0 Å². The standard InChI is InChI=1S/C16H28N2O2/c1-5-12(3)11-18-14(20)15(4,6-2)17-13(19)16(18)9-7-8-10-16/h12H,5-11H2,1-4H3,(H,17,19). The van der Waals surface area contributed by atoms with Gasteiger partial charge in [-0.3, -0.25) is 9.59 Å². The van der Waals surface area contributed by atoms with Crippen LogP contribution in [0.5, 0.6) is 0 Å². The summed E-state index contributed by atoms with van der Waals surface area (Å²) in [5.41, 5.74) is -1.28. The number of piperazine rings is 1. The molecule has 2 amide bonds. The molecule has 2 fully saturated rings. The summed E-state index contributed by atoms with van der Waals surface area (Å²) in [6.07, 6.45) is 5.40. The molecule has 1 spiro atoms. The molecular weight excluding hydrogens is 252 g/mol. The summed E-state index contributed by atoms with van der Waals surface area (Å²) >= 11 is 0. The molecule has 0 aromatic rings. The highest BCUT2D eigenvalue weighted by Gasteiger charge is 2.57. The predicted octanol–water partition coefficient (Wildman–Crippen LogP) is 2.47. The third-order valence-corrected chi connectivity index (χ3v) is 5.37. The predicted molar refractivity (Wildman–Crippen MR) is 79.2 cm³/mol. The van der Waals surface area contributed by atoms with Crippen LogP contribution in [0.4, 0.5) is 0 Å². The van der Waals surface area contributed by atoms with Gasteiger partial charge in [0.2, 0.25) is 11.8 Å². The molecule has 4 nitrogen and oxygen atoms in total. The molecule has 0 radical (unpaired) electrons. The third kappa shape index (κ3) is 2.23. The summed E-state index contributed by atoms with van der Waals surface area (Å²) in [7, 11) is 0. The maximum absolute atomic E-state index is 12.9. The van der Waals surface area contributed by atoms with Crippen molar-refractivity contribution in [1.29, 1.82) is 0 Å². The first-order valence-corrected chi connectivity index (χ1v) is 8.04. The zero-order valence-corrected chi connectivity index (χ0v) is 13.3. The van der Waals surface area contributed by atoms with Crippen molar-refractivity contribution >= 4 is 11.8 Å². The molecule has 2 aliphatic rings. The van der Waals surface area contributed by atoms with Crippen molar-refractivity contribution in [3.8, 4) is 0 Å². The van der Waals surface area contributed by atoms with E-state index in [1.165, 1.54) is 0 Å². The lowest BCUT2D eigenvalue weighted by molar-refractivity contribution is -0.163. The Morgan fingerprint density at radius 1 is 1.25 bits per heavy atom. The Morgan fingerprint density at radius 3 is 2.35 bits per heavy atom. The van der Waals surface area contributed by atoms with Crippen LogP contribution in [0, 0.1) is 5.92 Å². The third-order valence-electron chi connectivity index (χ3n) is 5.37. The molecule has 2 rings (SSSR count). The average molecular weight is 280 g/mol. The number of carbonyl (C=O) groups is 2. The van der Waals surface area contributed by atoms with Gasteiger partial charge in [-0.15, -0.1) is 0 Å². The average Bonchev–Trinajstić information content (AvgIpc) is 2.92. The molecule has 1 saturated carbocycles. The molecule has 0 aromatic carbocycles. The Hall–Kier alpha value is -1.06. The van der Waals surface area contributed by atoms with Gasteiger partial charge in [0.05, 0.1) is 0 Å². The van der Waals surface area contributed by atoms with Gasteiger partial charge in [-0.05, 0) is 32.1 Å². The van der Waals surface area contributed by atoms with Crippen LogP contribution in [0.3, 0.4) is 0 Å². The largest absolute Gasteiger partial charge is 0.340 e. The van der Waals surface area contributed by atoms with Crippen LogP contribution in [0.2, 0.25) is 0 Å². The topological polar surface area (TPSA) is 49.4 Å². The van der Waals surface area contributed by atoms with Crippen LogP contribution in [0.15, 0.2) is 0 Å². The van der Waals surface area contributed by atoms with Crippen LogP contribution in [0.25, 0.3) is 0 Å². The fraction of sp³-hybridized carbons (Fsp3) is 0.875. The van der Waals surface area contributed by atoms with E-state index in [1.807, 2.05) is 18.7 Å². The van der Waals surface area contributed by atoms with E-state index in [2.05, 4.69) is 19.2 Å². The lowest BCUT2D eigenvalue weighted by Crippen LogP contribution is -2.74. The lowest BCUT2D eigenvalue weighted by Gasteiger charge is -2.51. The van der Waals surface area contributed by atoms with Gasteiger partial charge in [0.15, 0.2) is 0 Å². The summed E-state index contributed by atoms with van der Waals surface area (Å²) in [5, 5.41) is 3.02. The van der Waals surface area contributed by atoms with Crippen molar-refractivity contribution in [3.05, 3.63) is 0 Å². The minimum absolute atomic E-state index is 0.0715. The highest BCUT2D eigenvalue weighted by molar-refractivity contribution is 6.02. The second kappa shape index (κ2) is 5.38. The number of nitrogens with one attached hydrogen (secondary N) is 1. The minimum atomic E-state index is -0.724. The van der Waals surface area contributed by atoms with Crippen LogP contribution >= 0.6 is 0 Å². The second-order valence-corrected chi connectivity index (χ2v) is 6.81. The van der Waals surface area contributed by atoms with Gasteiger partial charge in [-0.2, -0.15) is 0 Å². The Labute approximate surface area is 122 Å². The molecule has 2 atom stereocenters. The Kier molecular flexibility index (Phi) is 4.12. The number of carbonyl (C=O) groups excluding carboxylic acids is 2. The van der Waals surface area contributed by atoms with Gasteiger partial charge in [-0.25, -0.2) is 0 Å². The highest BCUT2D eigenvalue weighted by atomic mass is 16.2. The zero-order valence-electron chi connectivity index (χ0n) is 13.3. The van der Waals surface area contributed by atoms with Gasteiger partial charge in [0, 0.05) is 6.54 Å². The molecule has 1 saturated heterocycles. The highest BCUT2D eigenvalue weighted by Crippen LogP contribution is 2.41. The Balaban J connectivity index is 2.36. The number of rotatable bonds is 4. The quantitative estimate of drug-likeness (QED) is 0.860. The molecule has 0 aromatic heterocycles. The molecule has 2 unspecified atom stereocenters. The Morgan fingerprint density at radius 2 is 1.85 bits per heavy atom. The van der Waals surface area contributed by atoms with Crippen LogP contribution in [-0.4, -0.2) is 34.3 Å². The number of hydrogen-bond donors (Lipinski definition) is 1. The summed E-state index contributed by atoms with van der Waals surface area (Å²) in [5.74, 6) is 0.618. The summed E-state index contributed by atoms with van der Waals surface area (Å²) in [4.78, 5) is 27.6. The molecule has 0 bridgehead atoms. The van der Waals surface area contributed by atoms with Crippen molar-refractivity contribution < 1.29 is 9.59 Å². The van der Waals surface area contributed by atoms with Crippen LogP contribution < -0.4 is 5.32 Å². The number of hydrogen-bond acceptors (Lipinski definition) is 2. The second-order valence-electron chi connectivity index (χ2n) is 6.81. The van der Waals surface area contributed by atoms with Gasteiger partial charge in [-0.1, -0.05) is 40.0 Å². The van der Waals surface area contributed by atoms with E-state index in [0.717, 1.165) is 32.1 Å². The number of amides is 2. The summed E-state index contributed by atoms with van der Waals surface area (Å²) in [6, 6.07) is 0. The molecule has 1 aliphatic heterocycles. The van der Waals surface area contributed by atoms with E-state index < -0.39 is 11.1 Å². The van der Waals surface area contributed by atoms with Crippen LogP contribution in [0.1, 0.15) is 66.2 Å². The van der Waals surface area contributed by atoms with Gasteiger partial charge in [0.25, 0.3) is 0 Å². The minimum Gasteiger partial charge on any atom is -0.340 e. The summed E-state index contributed by atoms with van der Waals surface area (Å²) < 4.78 is 0. The number of nitrogens with zero attached hydrogens (tertiary/aromatic N) is 1. The van der Waals surface area contributed by atoms with Crippen molar-refractivity contribution in [2.45, 2.75) is 77.3 Å². The van der Waals surface area contributed by atoms with Crippen molar-refractivity contribution in [3.63, 3.8) is 0 Å². The fourth-order valence-corrected chi connectivity index (χ4v) is 3.43. The fourth-order valence-electron chi connectivity index (χ4n) is 3.43. The van der Waals surface area contributed by atoms with Crippen molar-refractivity contribution in [1.82, 2.24) is 10.2 Å². The first-order chi connectivity index (χ1) is 9.39. The normalized spacial score (nSPS) is 30.7. The van der Waals surface area contributed by atoms with E-state index in [-0.39, 0.29) is 11.8 Å². The molecule has 114 valence electrons. The van der Waals surface area contributed by atoms with Crippen LogP contribution in [-0.2, 0) is 9.59 Å². The molecular formula is C16H28N2O2.